The summed E-state index contributed by atoms with van der Waals surface area (Å²) in [5.74, 6) is 0.212. The molecule has 1 saturated heterocycles. The van der Waals surface area contributed by atoms with E-state index in [1.54, 1.807) is 12.1 Å². The van der Waals surface area contributed by atoms with Crippen molar-refractivity contribution in [3.8, 4) is 11.5 Å². The second-order valence-electron chi connectivity index (χ2n) is 6.47. The predicted octanol–water partition coefficient (Wildman–Crippen LogP) is 2.78. The normalized spacial score (nSPS) is 18.0. The van der Waals surface area contributed by atoms with Crippen molar-refractivity contribution in [1.82, 2.24) is 10.2 Å². The van der Waals surface area contributed by atoms with E-state index < -0.39 is 12.8 Å². The van der Waals surface area contributed by atoms with Crippen LogP contribution in [0.15, 0.2) is 18.2 Å². The van der Waals surface area contributed by atoms with E-state index in [1.165, 1.54) is 13.2 Å². The Bertz CT molecular complexity index is 608. The zero-order valence-electron chi connectivity index (χ0n) is 15.1. The third-order valence-electron chi connectivity index (χ3n) is 4.47. The summed E-state index contributed by atoms with van der Waals surface area (Å²) in [5.41, 5.74) is 0.800. The van der Waals surface area contributed by atoms with Gasteiger partial charge in [0.2, 0.25) is 5.91 Å². The van der Waals surface area contributed by atoms with Gasteiger partial charge in [-0.2, -0.15) is 13.2 Å². The molecule has 0 aromatic heterocycles. The van der Waals surface area contributed by atoms with Gasteiger partial charge >= 0.3 is 6.18 Å². The van der Waals surface area contributed by atoms with Crippen LogP contribution >= 0.6 is 0 Å². The lowest BCUT2D eigenvalue weighted by molar-refractivity contribution is -0.153. The maximum Gasteiger partial charge on any atom is 0.422 e. The standard InChI is InChI=1S/C18H25F3N2O3/c1-23-9-3-4-14(23)11-22-17(24)8-6-13-5-7-15(16(10-13)25-2)26-12-18(19,20)21/h5,7,10,14H,3-4,6,8-9,11-12H2,1-2H3,(H,22,24)/t14-/m1/s1. The van der Waals surface area contributed by atoms with E-state index in [-0.39, 0.29) is 17.4 Å². The van der Waals surface area contributed by atoms with Gasteiger partial charge in [0, 0.05) is 19.0 Å². The maximum absolute atomic E-state index is 12.3. The van der Waals surface area contributed by atoms with E-state index in [4.69, 9.17) is 9.47 Å². The molecule has 1 aliphatic rings. The molecule has 1 N–H and O–H groups in total. The number of rotatable bonds is 8. The topological polar surface area (TPSA) is 50.8 Å². The Morgan fingerprint density at radius 1 is 1.35 bits per heavy atom. The molecule has 1 heterocycles. The Labute approximate surface area is 151 Å². The first-order valence-corrected chi connectivity index (χ1v) is 8.62. The van der Waals surface area contributed by atoms with Crippen LogP contribution in [0.4, 0.5) is 13.2 Å². The SMILES string of the molecule is COc1cc(CCC(=O)NC[C@H]2CCCN2C)ccc1OCC(F)(F)F. The van der Waals surface area contributed by atoms with Gasteiger partial charge in [0.1, 0.15) is 0 Å². The van der Waals surface area contributed by atoms with Crippen LogP contribution in [0.5, 0.6) is 11.5 Å². The molecule has 1 amide bonds. The molecule has 0 radical (unpaired) electrons. The van der Waals surface area contributed by atoms with E-state index in [2.05, 4.69) is 17.3 Å². The second-order valence-corrected chi connectivity index (χ2v) is 6.47. The fourth-order valence-corrected chi connectivity index (χ4v) is 2.96. The molecule has 2 rings (SSSR count). The van der Waals surface area contributed by atoms with Gasteiger partial charge in [0.05, 0.1) is 7.11 Å². The van der Waals surface area contributed by atoms with Crippen LogP contribution in [0.3, 0.4) is 0 Å². The van der Waals surface area contributed by atoms with Crippen LogP contribution in [0.2, 0.25) is 0 Å². The molecule has 0 bridgehead atoms. The number of nitrogens with one attached hydrogen (secondary N) is 1. The number of nitrogens with zero attached hydrogens (tertiary/aromatic N) is 1. The first-order valence-electron chi connectivity index (χ1n) is 8.62. The summed E-state index contributed by atoms with van der Waals surface area (Å²) in [5, 5.41) is 2.94. The van der Waals surface area contributed by atoms with Gasteiger partial charge in [-0.05, 0) is 50.6 Å². The van der Waals surface area contributed by atoms with E-state index in [0.717, 1.165) is 24.9 Å². The summed E-state index contributed by atoms with van der Waals surface area (Å²) in [4.78, 5) is 14.2. The number of hydrogen-bond donors (Lipinski definition) is 1. The van der Waals surface area contributed by atoms with Crippen molar-refractivity contribution in [3.63, 3.8) is 0 Å². The lowest BCUT2D eigenvalue weighted by atomic mass is 10.1. The van der Waals surface area contributed by atoms with Gasteiger partial charge < -0.3 is 19.7 Å². The summed E-state index contributed by atoms with van der Waals surface area (Å²) >= 11 is 0. The molecule has 1 aromatic rings. The van der Waals surface area contributed by atoms with Crippen LogP contribution in [0.25, 0.3) is 0 Å². The molecule has 1 fully saturated rings. The Balaban J connectivity index is 1.82. The number of hydrogen-bond acceptors (Lipinski definition) is 4. The third-order valence-corrected chi connectivity index (χ3v) is 4.47. The molecule has 0 unspecified atom stereocenters. The van der Waals surface area contributed by atoms with Gasteiger partial charge in [-0.3, -0.25) is 4.79 Å². The number of carbonyl (C=O) groups excluding carboxylic acids is 1. The van der Waals surface area contributed by atoms with Crippen molar-refractivity contribution in [2.75, 3.05) is 33.9 Å². The summed E-state index contributed by atoms with van der Waals surface area (Å²) in [6.45, 7) is 0.326. The van der Waals surface area contributed by atoms with Crippen LogP contribution in [0, 0.1) is 0 Å². The average Bonchev–Trinajstić information content (AvgIpc) is 3.00. The van der Waals surface area contributed by atoms with Gasteiger partial charge in [-0.15, -0.1) is 0 Å². The molecule has 0 spiro atoms. The molecule has 1 aromatic carbocycles. The molecule has 5 nitrogen and oxygen atoms in total. The Hall–Kier alpha value is -1.96. The highest BCUT2D eigenvalue weighted by Gasteiger charge is 2.29. The van der Waals surface area contributed by atoms with E-state index >= 15 is 0 Å². The number of benzene rings is 1. The lowest BCUT2D eigenvalue weighted by Crippen LogP contribution is -2.38. The zero-order chi connectivity index (χ0) is 19.2. The van der Waals surface area contributed by atoms with Crippen molar-refractivity contribution in [2.45, 2.75) is 37.9 Å². The molecule has 26 heavy (non-hydrogen) atoms. The van der Waals surface area contributed by atoms with E-state index in [0.29, 0.717) is 25.4 Å². The van der Waals surface area contributed by atoms with Crippen LogP contribution in [0.1, 0.15) is 24.8 Å². The lowest BCUT2D eigenvalue weighted by Gasteiger charge is -2.19. The van der Waals surface area contributed by atoms with Crippen LogP contribution in [-0.2, 0) is 11.2 Å². The summed E-state index contributed by atoms with van der Waals surface area (Å²) in [6.07, 6.45) is -1.38. The Kier molecular flexibility index (Phi) is 7.14. The number of carbonyl (C=O) groups is 1. The van der Waals surface area contributed by atoms with Crippen molar-refractivity contribution in [1.29, 1.82) is 0 Å². The Morgan fingerprint density at radius 3 is 2.73 bits per heavy atom. The molecular weight excluding hydrogens is 349 g/mol. The Morgan fingerprint density at radius 2 is 2.12 bits per heavy atom. The van der Waals surface area contributed by atoms with Gasteiger partial charge in [-0.1, -0.05) is 6.07 Å². The van der Waals surface area contributed by atoms with Crippen molar-refractivity contribution in [3.05, 3.63) is 23.8 Å². The van der Waals surface area contributed by atoms with Gasteiger partial charge in [0.25, 0.3) is 0 Å². The molecular formula is C18H25F3N2O3. The number of likely N-dealkylation sites (N-methyl/N-ethyl adjacent to an activating group) is 1. The van der Waals surface area contributed by atoms with Gasteiger partial charge in [-0.25, -0.2) is 0 Å². The summed E-state index contributed by atoms with van der Waals surface area (Å²) < 4.78 is 46.6. The fourth-order valence-electron chi connectivity index (χ4n) is 2.96. The van der Waals surface area contributed by atoms with Gasteiger partial charge in [0.15, 0.2) is 18.1 Å². The monoisotopic (exact) mass is 374 g/mol. The third kappa shape index (κ3) is 6.40. The number of amides is 1. The highest BCUT2D eigenvalue weighted by Crippen LogP contribution is 2.30. The summed E-state index contributed by atoms with van der Waals surface area (Å²) in [7, 11) is 3.42. The molecule has 0 saturated carbocycles. The number of alkyl halides is 3. The van der Waals surface area contributed by atoms with E-state index in [9.17, 15) is 18.0 Å². The van der Waals surface area contributed by atoms with Crippen LogP contribution in [-0.4, -0.2) is 56.9 Å². The maximum atomic E-state index is 12.3. The number of likely N-dealkylation sites (tertiary alicyclic amines) is 1. The molecule has 1 atom stereocenters. The highest BCUT2D eigenvalue weighted by atomic mass is 19.4. The molecule has 8 heteroatoms. The minimum atomic E-state index is -4.41. The molecule has 146 valence electrons. The number of methoxy groups -OCH3 is 1. The van der Waals surface area contributed by atoms with E-state index in [1.807, 2.05) is 0 Å². The average molecular weight is 374 g/mol. The number of halogens is 3. The predicted molar refractivity (Wildman–Crippen MR) is 91.5 cm³/mol. The second kappa shape index (κ2) is 9.12. The quantitative estimate of drug-likeness (QED) is 0.760. The molecule has 1 aliphatic heterocycles. The number of aryl methyl sites for hydroxylation is 1. The van der Waals surface area contributed by atoms with Crippen LogP contribution < -0.4 is 14.8 Å². The van der Waals surface area contributed by atoms with Crippen molar-refractivity contribution in [2.24, 2.45) is 0 Å². The largest absolute Gasteiger partial charge is 0.493 e. The van der Waals surface area contributed by atoms with Crippen molar-refractivity contribution < 1.29 is 27.4 Å². The first-order chi connectivity index (χ1) is 12.3. The minimum absolute atomic E-state index is 0.0299. The minimum Gasteiger partial charge on any atom is -0.493 e. The smallest absolute Gasteiger partial charge is 0.422 e. The highest BCUT2D eigenvalue weighted by molar-refractivity contribution is 5.76. The number of ether oxygens (including phenoxy) is 2. The van der Waals surface area contributed by atoms with Crippen molar-refractivity contribution >= 4 is 5.91 Å². The summed E-state index contributed by atoms with van der Waals surface area (Å²) in [6, 6.07) is 5.07. The zero-order valence-corrected chi connectivity index (χ0v) is 15.1. The fraction of sp³-hybridized carbons (Fsp3) is 0.611. The molecule has 0 aliphatic carbocycles. The first kappa shape index (κ1) is 20.4.